The van der Waals surface area contributed by atoms with Gasteiger partial charge in [-0.15, -0.1) is 0 Å². The zero-order valence-corrected chi connectivity index (χ0v) is 23.3. The van der Waals surface area contributed by atoms with E-state index in [0.717, 1.165) is 69.5 Å². The van der Waals surface area contributed by atoms with Crippen LogP contribution in [0.5, 0.6) is 0 Å². The Bertz CT molecular complexity index is 1470. The van der Waals surface area contributed by atoms with Crippen molar-refractivity contribution in [1.82, 2.24) is 0 Å². The van der Waals surface area contributed by atoms with Crippen LogP contribution in [0.2, 0.25) is 0 Å². The Hall–Kier alpha value is -5.18. The monoisotopic (exact) mass is 554 g/mol. The minimum atomic E-state index is 0.593. The predicted octanol–water partition coefficient (Wildman–Crippen LogP) is 8.59. The topological polar surface area (TPSA) is 126 Å². The van der Waals surface area contributed by atoms with Crippen molar-refractivity contribution in [2.24, 2.45) is 31.9 Å². The van der Waals surface area contributed by atoms with E-state index in [1.165, 1.54) is 0 Å². The first-order valence-corrected chi connectivity index (χ1v) is 13.9. The molecule has 0 fully saturated rings. The van der Waals surface area contributed by atoms with E-state index in [9.17, 15) is 0 Å². The van der Waals surface area contributed by atoms with Crippen molar-refractivity contribution in [2.75, 3.05) is 36.8 Å². The SMILES string of the molecule is NCCNc1ccc(N=Nc2ccc(-c3ccc(-c4ccc(N=Nc5ccc(NCCN)cc5)cc4)cc3)cc2)cc1. The summed E-state index contributed by atoms with van der Waals surface area (Å²) in [6.07, 6.45) is 0. The Kier molecular flexibility index (Phi) is 9.76. The maximum Gasteiger partial charge on any atom is 0.0858 e. The van der Waals surface area contributed by atoms with Gasteiger partial charge in [-0.25, -0.2) is 0 Å². The predicted molar refractivity (Wildman–Crippen MR) is 174 cm³/mol. The van der Waals surface area contributed by atoms with Crippen molar-refractivity contribution in [3.63, 3.8) is 0 Å². The Morgan fingerprint density at radius 2 is 0.595 bits per heavy atom. The molecule has 0 unspecified atom stereocenters. The normalized spacial score (nSPS) is 11.3. The number of anilines is 2. The lowest BCUT2D eigenvalue weighted by atomic mass is 10.00. The molecule has 5 rings (SSSR count). The lowest BCUT2D eigenvalue weighted by molar-refractivity contribution is 1.02. The molecule has 0 aromatic heterocycles. The van der Waals surface area contributed by atoms with Crippen LogP contribution in [0.4, 0.5) is 34.1 Å². The van der Waals surface area contributed by atoms with Gasteiger partial charge in [-0.2, -0.15) is 20.5 Å². The van der Waals surface area contributed by atoms with Crippen molar-refractivity contribution in [3.8, 4) is 22.3 Å². The number of azo groups is 2. The zero-order chi connectivity index (χ0) is 29.0. The first kappa shape index (κ1) is 28.4. The fraction of sp³-hybridized carbons (Fsp3) is 0.118. The molecule has 0 amide bonds. The van der Waals surface area contributed by atoms with Gasteiger partial charge in [-0.05, 0) is 95.1 Å². The second-order valence-electron chi connectivity index (χ2n) is 9.60. The summed E-state index contributed by atoms with van der Waals surface area (Å²) < 4.78 is 0. The lowest BCUT2D eigenvalue weighted by Gasteiger charge is -2.06. The number of nitrogens with zero attached hydrogens (tertiary/aromatic N) is 4. The third kappa shape index (κ3) is 7.94. The van der Waals surface area contributed by atoms with E-state index in [0.29, 0.717) is 13.1 Å². The summed E-state index contributed by atoms with van der Waals surface area (Å²) in [4.78, 5) is 0. The Balaban J connectivity index is 1.17. The van der Waals surface area contributed by atoms with E-state index in [1.807, 2.05) is 72.8 Å². The molecule has 0 atom stereocenters. The van der Waals surface area contributed by atoms with Crippen LogP contribution in [0.25, 0.3) is 22.3 Å². The van der Waals surface area contributed by atoms with Gasteiger partial charge >= 0.3 is 0 Å². The van der Waals surface area contributed by atoms with Crippen LogP contribution in [0.15, 0.2) is 142 Å². The number of rotatable bonds is 12. The van der Waals surface area contributed by atoms with Crippen LogP contribution in [0, 0.1) is 0 Å². The van der Waals surface area contributed by atoms with Crippen molar-refractivity contribution < 1.29 is 0 Å². The molecule has 6 N–H and O–H groups in total. The quantitative estimate of drug-likeness (QED) is 0.115. The first-order valence-electron chi connectivity index (χ1n) is 13.9. The molecule has 0 aliphatic carbocycles. The minimum absolute atomic E-state index is 0.593. The van der Waals surface area contributed by atoms with Crippen molar-refractivity contribution >= 4 is 34.1 Å². The van der Waals surface area contributed by atoms with Gasteiger partial charge in [-0.1, -0.05) is 48.5 Å². The molecule has 5 aromatic carbocycles. The van der Waals surface area contributed by atoms with Gasteiger partial charge in [0.15, 0.2) is 0 Å². The van der Waals surface area contributed by atoms with E-state index in [1.54, 1.807) is 0 Å². The zero-order valence-electron chi connectivity index (χ0n) is 23.3. The van der Waals surface area contributed by atoms with Crippen LogP contribution in [-0.2, 0) is 0 Å². The number of nitrogens with two attached hydrogens (primary N) is 2. The smallest absolute Gasteiger partial charge is 0.0858 e. The van der Waals surface area contributed by atoms with E-state index >= 15 is 0 Å². The second-order valence-corrected chi connectivity index (χ2v) is 9.60. The standard InChI is InChI=1S/C34H34N8/c35-21-23-37-29-13-17-33(18-14-29)41-39-31-9-5-27(6-10-31)25-1-2-26(4-3-25)28-7-11-32(12-8-28)40-42-34-19-15-30(16-20-34)38-24-22-36/h1-20,37-38H,21-24,35-36H2. The van der Waals surface area contributed by atoms with Crippen LogP contribution < -0.4 is 22.1 Å². The molecule has 0 saturated heterocycles. The molecule has 0 aliphatic rings. The highest BCUT2D eigenvalue weighted by atomic mass is 15.1. The summed E-state index contributed by atoms with van der Waals surface area (Å²) in [6, 6.07) is 40.3. The molecule has 0 heterocycles. The lowest BCUT2D eigenvalue weighted by Crippen LogP contribution is -2.12. The highest BCUT2D eigenvalue weighted by Crippen LogP contribution is 2.29. The summed E-state index contributed by atoms with van der Waals surface area (Å²) in [6.45, 7) is 2.66. The summed E-state index contributed by atoms with van der Waals surface area (Å²) in [5, 5.41) is 23.9. The van der Waals surface area contributed by atoms with Crippen LogP contribution in [-0.4, -0.2) is 26.2 Å². The van der Waals surface area contributed by atoms with Gasteiger partial charge in [0.1, 0.15) is 0 Å². The highest BCUT2D eigenvalue weighted by Gasteiger charge is 2.02. The van der Waals surface area contributed by atoms with Gasteiger partial charge in [0.2, 0.25) is 0 Å². The molecule has 0 radical (unpaired) electrons. The summed E-state index contributed by atoms with van der Waals surface area (Å²) in [7, 11) is 0. The molecule has 0 bridgehead atoms. The van der Waals surface area contributed by atoms with E-state index in [-0.39, 0.29) is 0 Å². The fourth-order valence-electron chi connectivity index (χ4n) is 4.25. The molecule has 8 nitrogen and oxygen atoms in total. The number of hydrogen-bond donors (Lipinski definition) is 4. The molecular weight excluding hydrogens is 520 g/mol. The Morgan fingerprint density at radius 1 is 0.357 bits per heavy atom. The first-order chi connectivity index (χ1) is 20.7. The van der Waals surface area contributed by atoms with Gasteiger partial charge in [0, 0.05) is 37.6 Å². The summed E-state index contributed by atoms with van der Waals surface area (Å²) >= 11 is 0. The third-order valence-electron chi connectivity index (χ3n) is 6.53. The number of hydrogen-bond acceptors (Lipinski definition) is 8. The van der Waals surface area contributed by atoms with Crippen molar-refractivity contribution in [2.45, 2.75) is 0 Å². The van der Waals surface area contributed by atoms with Gasteiger partial charge in [-0.3, -0.25) is 0 Å². The fourth-order valence-corrected chi connectivity index (χ4v) is 4.25. The summed E-state index contributed by atoms with van der Waals surface area (Å²) in [5.74, 6) is 0. The van der Waals surface area contributed by atoms with Gasteiger partial charge in [0.25, 0.3) is 0 Å². The molecule has 210 valence electrons. The molecule has 0 aliphatic heterocycles. The molecule has 8 heteroatoms. The number of nitrogens with one attached hydrogen (secondary N) is 2. The highest BCUT2D eigenvalue weighted by molar-refractivity contribution is 5.72. The Labute approximate surface area is 246 Å². The molecule has 42 heavy (non-hydrogen) atoms. The van der Waals surface area contributed by atoms with Crippen LogP contribution in [0.1, 0.15) is 0 Å². The average molecular weight is 555 g/mol. The molecule has 0 saturated carbocycles. The van der Waals surface area contributed by atoms with Gasteiger partial charge in [0.05, 0.1) is 22.7 Å². The third-order valence-corrected chi connectivity index (χ3v) is 6.53. The number of benzene rings is 5. The summed E-state index contributed by atoms with van der Waals surface area (Å²) in [5.41, 5.74) is 20.8. The van der Waals surface area contributed by atoms with E-state index < -0.39 is 0 Å². The van der Waals surface area contributed by atoms with E-state index in [4.69, 9.17) is 11.5 Å². The van der Waals surface area contributed by atoms with E-state index in [2.05, 4.69) is 79.6 Å². The molecular formula is C34H34N8. The molecule has 5 aromatic rings. The Morgan fingerprint density at radius 3 is 0.857 bits per heavy atom. The van der Waals surface area contributed by atoms with Crippen molar-refractivity contribution in [1.29, 1.82) is 0 Å². The molecule has 0 spiro atoms. The van der Waals surface area contributed by atoms with Gasteiger partial charge < -0.3 is 22.1 Å². The minimum Gasteiger partial charge on any atom is -0.384 e. The largest absolute Gasteiger partial charge is 0.384 e. The maximum absolute atomic E-state index is 5.53. The second kappa shape index (κ2) is 14.5. The van der Waals surface area contributed by atoms with Crippen LogP contribution >= 0.6 is 0 Å². The van der Waals surface area contributed by atoms with Crippen molar-refractivity contribution in [3.05, 3.63) is 121 Å². The average Bonchev–Trinajstić information content (AvgIpc) is 3.06. The maximum atomic E-state index is 5.53. The van der Waals surface area contributed by atoms with Crippen LogP contribution in [0.3, 0.4) is 0 Å².